The van der Waals surface area contributed by atoms with Gasteiger partial charge >= 0.3 is 0 Å². The molecule has 1 saturated carbocycles. The molecule has 1 aromatic heterocycles. The van der Waals surface area contributed by atoms with Crippen molar-refractivity contribution in [1.29, 1.82) is 0 Å². The van der Waals surface area contributed by atoms with E-state index in [0.29, 0.717) is 18.5 Å². The third-order valence-electron chi connectivity index (χ3n) is 4.10. The molecule has 22 heavy (non-hydrogen) atoms. The first-order valence-electron chi connectivity index (χ1n) is 8.12. The Kier molecular flexibility index (Phi) is 5.83. The maximum Gasteiger partial charge on any atom is 0.216 e. The highest BCUT2D eigenvalue weighted by Gasteiger charge is 2.32. The normalized spacial score (nSPS) is 16.9. The highest BCUT2D eigenvalue weighted by Crippen LogP contribution is 2.34. The lowest BCUT2D eigenvalue weighted by molar-refractivity contribution is 0.264. The van der Waals surface area contributed by atoms with Gasteiger partial charge in [-0.2, -0.15) is 0 Å². The number of hydrogen-bond donors (Lipinski definition) is 2. The number of aliphatic imine (C=N–C) groups is 1. The molecule has 0 aliphatic heterocycles. The second-order valence-electron chi connectivity index (χ2n) is 6.19. The minimum absolute atomic E-state index is 0.458. The molecule has 1 aliphatic rings. The Hall–Kier alpha value is -1.56. The summed E-state index contributed by atoms with van der Waals surface area (Å²) >= 11 is 0. The van der Waals surface area contributed by atoms with E-state index in [1.807, 2.05) is 13.8 Å². The molecular weight excluding hydrogens is 278 g/mol. The maximum absolute atomic E-state index is 5.57. The average Bonchev–Trinajstić information content (AvgIpc) is 3.23. The number of oxazole rings is 1. The molecular formula is C16H29N5O. The van der Waals surface area contributed by atoms with E-state index in [9.17, 15) is 0 Å². The summed E-state index contributed by atoms with van der Waals surface area (Å²) in [4.78, 5) is 11.2. The van der Waals surface area contributed by atoms with Crippen molar-refractivity contribution in [2.24, 2.45) is 10.9 Å². The number of aryl methyl sites for hydroxylation is 2. The van der Waals surface area contributed by atoms with Gasteiger partial charge in [0.15, 0.2) is 5.96 Å². The molecule has 1 atom stereocenters. The Morgan fingerprint density at radius 1 is 1.36 bits per heavy atom. The van der Waals surface area contributed by atoms with Gasteiger partial charge in [0.05, 0.1) is 5.69 Å². The van der Waals surface area contributed by atoms with Crippen LogP contribution in [0.25, 0.3) is 0 Å². The van der Waals surface area contributed by atoms with Gasteiger partial charge < -0.3 is 20.0 Å². The van der Waals surface area contributed by atoms with Crippen LogP contribution in [0, 0.1) is 19.8 Å². The van der Waals surface area contributed by atoms with E-state index < -0.39 is 0 Å². The van der Waals surface area contributed by atoms with Crippen molar-refractivity contribution in [2.45, 2.75) is 46.2 Å². The number of rotatable bonds is 7. The van der Waals surface area contributed by atoms with Crippen molar-refractivity contribution >= 4 is 5.96 Å². The molecule has 0 amide bonds. The number of guanidine groups is 1. The Balaban J connectivity index is 1.91. The zero-order chi connectivity index (χ0) is 16.1. The minimum Gasteiger partial charge on any atom is -0.444 e. The first-order chi connectivity index (χ1) is 10.5. The van der Waals surface area contributed by atoms with Gasteiger partial charge in [-0.3, -0.25) is 0 Å². The molecule has 124 valence electrons. The molecule has 0 aromatic carbocycles. The molecule has 6 heteroatoms. The van der Waals surface area contributed by atoms with Gasteiger partial charge in [-0.05, 0) is 53.6 Å². The third-order valence-corrected chi connectivity index (χ3v) is 4.10. The molecule has 1 aromatic rings. The largest absolute Gasteiger partial charge is 0.444 e. The van der Waals surface area contributed by atoms with Gasteiger partial charge in [-0.15, -0.1) is 0 Å². The van der Waals surface area contributed by atoms with E-state index in [1.54, 1.807) is 0 Å². The smallest absolute Gasteiger partial charge is 0.216 e. The summed E-state index contributed by atoms with van der Waals surface area (Å²) in [5, 5.41) is 6.72. The Morgan fingerprint density at radius 2 is 2.09 bits per heavy atom. The van der Waals surface area contributed by atoms with Gasteiger partial charge in [0.25, 0.3) is 0 Å². The van der Waals surface area contributed by atoms with Crippen molar-refractivity contribution in [1.82, 2.24) is 20.5 Å². The zero-order valence-corrected chi connectivity index (χ0v) is 14.4. The summed E-state index contributed by atoms with van der Waals surface area (Å²) in [7, 11) is 4.29. The van der Waals surface area contributed by atoms with E-state index in [0.717, 1.165) is 36.4 Å². The van der Waals surface area contributed by atoms with Crippen molar-refractivity contribution in [3.63, 3.8) is 0 Å². The number of aromatic nitrogens is 1. The summed E-state index contributed by atoms with van der Waals surface area (Å²) in [6.45, 7) is 8.16. The van der Waals surface area contributed by atoms with Crippen LogP contribution < -0.4 is 10.6 Å². The molecule has 2 rings (SSSR count). The zero-order valence-electron chi connectivity index (χ0n) is 14.4. The van der Waals surface area contributed by atoms with Gasteiger partial charge in [-0.25, -0.2) is 9.98 Å². The molecule has 1 heterocycles. The predicted molar refractivity (Wildman–Crippen MR) is 89.0 cm³/mol. The molecule has 1 unspecified atom stereocenters. The Morgan fingerprint density at radius 3 is 2.59 bits per heavy atom. The van der Waals surface area contributed by atoms with Gasteiger partial charge in [0.2, 0.25) is 5.89 Å². The fourth-order valence-corrected chi connectivity index (χ4v) is 2.55. The summed E-state index contributed by atoms with van der Waals surface area (Å²) in [5.41, 5.74) is 0.935. The lowest BCUT2D eigenvalue weighted by atomic mass is 10.1. The number of hydrogen-bond acceptors (Lipinski definition) is 4. The van der Waals surface area contributed by atoms with Crippen LogP contribution in [0.3, 0.4) is 0 Å². The molecule has 1 aliphatic carbocycles. The topological polar surface area (TPSA) is 65.7 Å². The Labute approximate surface area is 133 Å². The number of likely N-dealkylation sites (N-methyl/N-ethyl adjacent to an activating group) is 1. The molecule has 2 N–H and O–H groups in total. The highest BCUT2D eigenvalue weighted by molar-refractivity contribution is 5.79. The van der Waals surface area contributed by atoms with Crippen LogP contribution in [0.15, 0.2) is 9.41 Å². The number of nitrogens with zero attached hydrogens (tertiary/aromatic N) is 3. The summed E-state index contributed by atoms with van der Waals surface area (Å²) in [6.07, 6.45) is 2.68. The fourth-order valence-electron chi connectivity index (χ4n) is 2.55. The van der Waals surface area contributed by atoms with Crippen molar-refractivity contribution < 1.29 is 4.42 Å². The lowest BCUT2D eigenvalue weighted by Gasteiger charge is -2.25. The van der Waals surface area contributed by atoms with Crippen LogP contribution in [-0.2, 0) is 6.54 Å². The van der Waals surface area contributed by atoms with E-state index in [4.69, 9.17) is 4.42 Å². The second-order valence-corrected chi connectivity index (χ2v) is 6.19. The van der Waals surface area contributed by atoms with Crippen LogP contribution in [0.5, 0.6) is 0 Å². The van der Waals surface area contributed by atoms with E-state index in [2.05, 4.69) is 46.5 Å². The van der Waals surface area contributed by atoms with Crippen LogP contribution in [0.2, 0.25) is 0 Å². The predicted octanol–water partition coefficient (Wildman–Crippen LogP) is 1.69. The van der Waals surface area contributed by atoms with Crippen molar-refractivity contribution in [3.8, 4) is 0 Å². The molecule has 0 bridgehead atoms. The molecule has 1 fully saturated rings. The van der Waals surface area contributed by atoms with Crippen LogP contribution in [0.1, 0.15) is 37.1 Å². The average molecular weight is 307 g/mol. The minimum atomic E-state index is 0.458. The Bertz CT molecular complexity index is 483. The molecule has 6 nitrogen and oxygen atoms in total. The monoisotopic (exact) mass is 307 g/mol. The third kappa shape index (κ3) is 4.73. The van der Waals surface area contributed by atoms with E-state index in [1.165, 1.54) is 12.8 Å². The molecule has 0 saturated heterocycles. The van der Waals surface area contributed by atoms with E-state index >= 15 is 0 Å². The first kappa shape index (κ1) is 16.8. The lowest BCUT2D eigenvalue weighted by Crippen LogP contribution is -2.46. The van der Waals surface area contributed by atoms with Crippen LogP contribution in [0.4, 0.5) is 0 Å². The summed E-state index contributed by atoms with van der Waals surface area (Å²) in [5.74, 6) is 3.18. The van der Waals surface area contributed by atoms with E-state index in [-0.39, 0.29) is 0 Å². The molecule has 0 radical (unpaired) electrons. The van der Waals surface area contributed by atoms with Crippen LogP contribution in [-0.4, -0.2) is 49.1 Å². The fraction of sp³-hybridized carbons (Fsp3) is 0.750. The van der Waals surface area contributed by atoms with Gasteiger partial charge in [0, 0.05) is 19.1 Å². The summed E-state index contributed by atoms with van der Waals surface area (Å²) in [6, 6.07) is 0.565. The van der Waals surface area contributed by atoms with Crippen LogP contribution >= 0.6 is 0 Å². The van der Waals surface area contributed by atoms with Crippen molar-refractivity contribution in [2.75, 3.05) is 27.2 Å². The highest BCUT2D eigenvalue weighted by atomic mass is 16.4. The quantitative estimate of drug-likeness (QED) is 0.593. The SMILES string of the molecule is CCNC(=NCc1nc(C)c(C)o1)NCC(C1CC1)N(C)C. The standard InChI is InChI=1S/C16H29N5O/c1-6-17-16(18-9-14(21(4)5)13-7-8-13)19-10-15-20-11(2)12(3)22-15/h13-14H,6-10H2,1-5H3,(H2,17,18,19). The van der Waals surface area contributed by atoms with Gasteiger partial charge in [0.1, 0.15) is 12.3 Å². The first-order valence-corrected chi connectivity index (χ1v) is 8.12. The van der Waals surface area contributed by atoms with Gasteiger partial charge in [-0.1, -0.05) is 0 Å². The maximum atomic E-state index is 5.57. The molecule has 0 spiro atoms. The number of nitrogens with one attached hydrogen (secondary N) is 2. The summed E-state index contributed by atoms with van der Waals surface area (Å²) < 4.78 is 5.57. The van der Waals surface area contributed by atoms with Crippen molar-refractivity contribution in [3.05, 3.63) is 17.3 Å². The second kappa shape index (κ2) is 7.63.